The number of carbonyl (C=O) groups excluding carboxylic acids is 1. The molecular formula is C23H30O2. The summed E-state index contributed by atoms with van der Waals surface area (Å²) in [7, 11) is 0. The van der Waals surface area contributed by atoms with Gasteiger partial charge >= 0.3 is 0 Å². The smallest absolute Gasteiger partial charge is 0.136 e. The van der Waals surface area contributed by atoms with Gasteiger partial charge in [-0.05, 0) is 73.0 Å². The summed E-state index contributed by atoms with van der Waals surface area (Å²) in [4.78, 5) is 12.6. The summed E-state index contributed by atoms with van der Waals surface area (Å²) in [5.41, 5.74) is 4.67. The number of hydrogen-bond acceptors (Lipinski definition) is 2. The zero-order valence-electron chi connectivity index (χ0n) is 15.6. The molecule has 4 aliphatic carbocycles. The Kier molecular flexibility index (Phi) is 3.25. The van der Waals surface area contributed by atoms with Gasteiger partial charge < -0.3 is 5.11 Å². The summed E-state index contributed by atoms with van der Waals surface area (Å²) < 4.78 is 0. The fourth-order valence-corrected chi connectivity index (χ4v) is 7.16. The molecule has 0 aliphatic heterocycles. The van der Waals surface area contributed by atoms with Crippen LogP contribution in [0.4, 0.5) is 0 Å². The van der Waals surface area contributed by atoms with Gasteiger partial charge in [-0.25, -0.2) is 0 Å². The van der Waals surface area contributed by atoms with E-state index in [1.165, 1.54) is 48.8 Å². The van der Waals surface area contributed by atoms with Crippen LogP contribution < -0.4 is 0 Å². The molecule has 0 heterocycles. The number of phenols is 1. The normalized spacial score (nSPS) is 38.7. The number of unbranched alkanes of at least 4 members (excludes halogenated alkanes) is 1. The van der Waals surface area contributed by atoms with E-state index in [2.05, 4.69) is 19.9 Å². The van der Waals surface area contributed by atoms with Crippen molar-refractivity contribution in [2.75, 3.05) is 0 Å². The molecule has 0 aromatic heterocycles. The molecule has 25 heavy (non-hydrogen) atoms. The van der Waals surface area contributed by atoms with Crippen molar-refractivity contribution in [2.24, 2.45) is 17.3 Å². The molecule has 2 heteroatoms. The summed E-state index contributed by atoms with van der Waals surface area (Å²) in [6.07, 6.45) is 10.2. The molecule has 2 nitrogen and oxygen atoms in total. The minimum absolute atomic E-state index is 0.186. The largest absolute Gasteiger partial charge is 0.508 e. The number of Topliss-reactive ketones (excluding diaryl/α,β-unsaturated/α-hetero) is 1. The first kappa shape index (κ1) is 15.9. The van der Waals surface area contributed by atoms with Crippen molar-refractivity contribution < 1.29 is 9.90 Å². The third-order valence-corrected chi connectivity index (χ3v) is 8.38. The van der Waals surface area contributed by atoms with E-state index in [-0.39, 0.29) is 10.8 Å². The number of ketones is 1. The first-order valence-corrected chi connectivity index (χ1v) is 10.4. The number of hydrogen-bond donors (Lipinski definition) is 1. The monoisotopic (exact) mass is 338 g/mol. The summed E-state index contributed by atoms with van der Waals surface area (Å²) >= 11 is 0. The number of fused-ring (bicyclic) bond motifs is 2. The molecule has 4 atom stereocenters. The van der Waals surface area contributed by atoms with E-state index in [1.807, 2.05) is 6.07 Å². The Hall–Kier alpha value is -1.31. The molecule has 4 aliphatic rings. The van der Waals surface area contributed by atoms with Crippen molar-refractivity contribution in [1.29, 1.82) is 0 Å². The lowest BCUT2D eigenvalue weighted by Gasteiger charge is -2.50. The predicted molar refractivity (Wildman–Crippen MR) is 98.9 cm³/mol. The van der Waals surface area contributed by atoms with Crippen molar-refractivity contribution >= 4 is 5.78 Å². The minimum Gasteiger partial charge on any atom is -0.508 e. The molecule has 1 aromatic carbocycles. The van der Waals surface area contributed by atoms with Gasteiger partial charge in [-0.15, -0.1) is 0 Å². The zero-order valence-corrected chi connectivity index (χ0v) is 15.6. The van der Waals surface area contributed by atoms with Crippen molar-refractivity contribution in [2.45, 2.75) is 83.0 Å². The third kappa shape index (κ3) is 1.84. The highest BCUT2D eigenvalue weighted by atomic mass is 16.3. The van der Waals surface area contributed by atoms with Gasteiger partial charge in [0.1, 0.15) is 11.5 Å². The number of benzene rings is 1. The highest BCUT2D eigenvalue weighted by Crippen LogP contribution is 2.77. The van der Waals surface area contributed by atoms with Gasteiger partial charge in [0.25, 0.3) is 0 Å². The van der Waals surface area contributed by atoms with Gasteiger partial charge in [0.2, 0.25) is 0 Å². The van der Waals surface area contributed by atoms with Crippen molar-refractivity contribution in [3.63, 3.8) is 0 Å². The van der Waals surface area contributed by atoms with Crippen molar-refractivity contribution in [3.8, 4) is 5.75 Å². The second-order valence-electron chi connectivity index (χ2n) is 9.26. The summed E-state index contributed by atoms with van der Waals surface area (Å²) in [5.74, 6) is 2.50. The van der Waals surface area contributed by atoms with Crippen LogP contribution in [0.3, 0.4) is 0 Å². The van der Waals surface area contributed by atoms with E-state index in [0.29, 0.717) is 29.3 Å². The maximum Gasteiger partial charge on any atom is 0.136 e. The fraction of sp³-hybridized carbons (Fsp3) is 0.696. The average molecular weight is 338 g/mol. The van der Waals surface area contributed by atoms with Gasteiger partial charge in [-0.3, -0.25) is 4.79 Å². The van der Waals surface area contributed by atoms with Crippen LogP contribution in [0.2, 0.25) is 0 Å². The molecule has 5 rings (SSSR count). The topological polar surface area (TPSA) is 37.3 Å². The maximum atomic E-state index is 12.6. The Bertz CT molecular complexity index is 747. The Balaban J connectivity index is 1.70. The van der Waals surface area contributed by atoms with Crippen LogP contribution in [0, 0.1) is 17.3 Å². The van der Waals surface area contributed by atoms with E-state index in [1.54, 1.807) is 0 Å². The standard InChI is InChI=1S/C23H30O2/c1-3-4-11-22-12-10-19(25)21-14(2)23(21,22)13-9-16-17(22)7-8-18(24)20(16)15-5-6-15/h7-8,14-15,21,24H,3-6,9-13H2,1-2H3/t14?,21?,22-,23+/m0/s1. The lowest BCUT2D eigenvalue weighted by Crippen LogP contribution is -2.47. The van der Waals surface area contributed by atoms with E-state index in [0.717, 1.165) is 25.7 Å². The van der Waals surface area contributed by atoms with Gasteiger partial charge in [0.05, 0.1) is 0 Å². The number of phenolic OH excluding ortho intramolecular Hbond substituents is 1. The Morgan fingerprint density at radius 1 is 1.20 bits per heavy atom. The molecule has 134 valence electrons. The quantitative estimate of drug-likeness (QED) is 0.813. The molecule has 0 bridgehead atoms. The fourth-order valence-electron chi connectivity index (χ4n) is 7.16. The molecule has 0 amide bonds. The molecule has 0 saturated heterocycles. The Labute approximate surface area is 151 Å². The second kappa shape index (κ2) is 5.11. The SMILES string of the molecule is CCCC[C@@]12CCC(=O)C3C(C)[C@]31CCc1c2ccc(O)c1C1CC1. The van der Waals surface area contributed by atoms with Crippen LogP contribution >= 0.6 is 0 Å². The van der Waals surface area contributed by atoms with Crippen LogP contribution in [0.25, 0.3) is 0 Å². The zero-order chi connectivity index (χ0) is 17.4. The molecule has 0 radical (unpaired) electrons. The molecule has 3 fully saturated rings. The summed E-state index contributed by atoms with van der Waals surface area (Å²) in [6.45, 7) is 4.61. The van der Waals surface area contributed by atoms with E-state index in [4.69, 9.17) is 0 Å². The third-order valence-electron chi connectivity index (χ3n) is 8.38. The number of aromatic hydroxyl groups is 1. The highest BCUT2D eigenvalue weighted by Gasteiger charge is 2.76. The van der Waals surface area contributed by atoms with E-state index >= 15 is 0 Å². The van der Waals surface area contributed by atoms with Crippen molar-refractivity contribution in [3.05, 3.63) is 28.8 Å². The van der Waals surface area contributed by atoms with Crippen LogP contribution in [-0.2, 0) is 16.6 Å². The van der Waals surface area contributed by atoms with Crippen LogP contribution in [0.1, 0.15) is 87.8 Å². The van der Waals surface area contributed by atoms with Crippen LogP contribution in [0.5, 0.6) is 5.75 Å². The van der Waals surface area contributed by atoms with Crippen LogP contribution in [0.15, 0.2) is 12.1 Å². The molecule has 1 aromatic rings. The van der Waals surface area contributed by atoms with Gasteiger partial charge in [-0.1, -0.05) is 32.8 Å². The lowest BCUT2D eigenvalue weighted by atomic mass is 9.53. The van der Waals surface area contributed by atoms with Gasteiger partial charge in [-0.2, -0.15) is 0 Å². The first-order valence-electron chi connectivity index (χ1n) is 10.4. The number of carbonyl (C=O) groups is 1. The van der Waals surface area contributed by atoms with Gasteiger partial charge in [0, 0.05) is 23.3 Å². The minimum atomic E-state index is 0.186. The molecule has 1 spiro atoms. The molecular weight excluding hydrogens is 308 g/mol. The van der Waals surface area contributed by atoms with E-state index < -0.39 is 0 Å². The molecule has 2 unspecified atom stereocenters. The number of rotatable bonds is 4. The lowest BCUT2D eigenvalue weighted by molar-refractivity contribution is -0.124. The van der Waals surface area contributed by atoms with E-state index in [9.17, 15) is 9.90 Å². The highest BCUT2D eigenvalue weighted by molar-refractivity contribution is 5.88. The van der Waals surface area contributed by atoms with Crippen LogP contribution in [-0.4, -0.2) is 10.9 Å². The Morgan fingerprint density at radius 2 is 2.00 bits per heavy atom. The van der Waals surface area contributed by atoms with Crippen molar-refractivity contribution in [1.82, 2.24) is 0 Å². The van der Waals surface area contributed by atoms with Gasteiger partial charge in [0.15, 0.2) is 0 Å². The molecule has 1 N–H and O–H groups in total. The Morgan fingerprint density at radius 3 is 2.72 bits per heavy atom. The second-order valence-corrected chi connectivity index (χ2v) is 9.26. The summed E-state index contributed by atoms with van der Waals surface area (Å²) in [6, 6.07) is 4.21. The first-order chi connectivity index (χ1) is 12.1. The average Bonchev–Trinajstić information content (AvgIpc) is 3.51. The predicted octanol–water partition coefficient (Wildman–Crippen LogP) is 5.26. The maximum absolute atomic E-state index is 12.6. The summed E-state index contributed by atoms with van der Waals surface area (Å²) in [5, 5.41) is 10.5. The molecule has 3 saturated carbocycles.